The van der Waals surface area contributed by atoms with Gasteiger partial charge in [0.15, 0.2) is 0 Å². The summed E-state index contributed by atoms with van der Waals surface area (Å²) in [7, 11) is 0. The van der Waals surface area contributed by atoms with Crippen molar-refractivity contribution in [3.05, 3.63) is 29.4 Å². The average molecular weight is 260 g/mol. The van der Waals surface area contributed by atoms with Crippen molar-refractivity contribution in [3.8, 4) is 11.4 Å². The van der Waals surface area contributed by atoms with Gasteiger partial charge < -0.3 is 10.3 Å². The zero-order valence-electron chi connectivity index (χ0n) is 11.7. The first-order chi connectivity index (χ1) is 9.04. The summed E-state index contributed by atoms with van der Waals surface area (Å²) in [5.74, 6) is 1.30. The van der Waals surface area contributed by atoms with Crippen LogP contribution in [0.3, 0.4) is 0 Å². The van der Waals surface area contributed by atoms with Crippen LogP contribution in [0.5, 0.6) is 0 Å². The molecule has 0 bridgehead atoms. The van der Waals surface area contributed by atoms with Gasteiger partial charge in [-0.05, 0) is 45.7 Å². The highest BCUT2D eigenvalue weighted by Gasteiger charge is 2.10. The molecule has 1 atom stereocenters. The number of nitrogens with zero attached hydrogens (tertiary/aromatic N) is 3. The van der Waals surface area contributed by atoms with Crippen LogP contribution < -0.4 is 5.73 Å². The van der Waals surface area contributed by atoms with Gasteiger partial charge in [0.2, 0.25) is 11.7 Å². The van der Waals surface area contributed by atoms with Crippen molar-refractivity contribution in [2.45, 2.75) is 46.1 Å². The molecule has 2 N–H and O–H groups in total. The molecule has 1 unspecified atom stereocenters. The minimum Gasteiger partial charge on any atom is -0.339 e. The van der Waals surface area contributed by atoms with Crippen molar-refractivity contribution in [1.82, 2.24) is 15.1 Å². The predicted molar refractivity (Wildman–Crippen MR) is 73.6 cm³/mol. The van der Waals surface area contributed by atoms with Crippen molar-refractivity contribution in [1.29, 1.82) is 0 Å². The van der Waals surface area contributed by atoms with Gasteiger partial charge >= 0.3 is 0 Å². The first kappa shape index (κ1) is 13.7. The van der Waals surface area contributed by atoms with Crippen LogP contribution in [-0.2, 0) is 6.42 Å². The van der Waals surface area contributed by atoms with Crippen molar-refractivity contribution in [3.63, 3.8) is 0 Å². The molecule has 2 aromatic heterocycles. The van der Waals surface area contributed by atoms with Gasteiger partial charge in [-0.25, -0.2) is 0 Å². The van der Waals surface area contributed by atoms with Gasteiger partial charge in [-0.3, -0.25) is 4.98 Å². The molecule has 0 saturated carbocycles. The van der Waals surface area contributed by atoms with Crippen LogP contribution in [-0.4, -0.2) is 21.2 Å². The second-order valence-corrected chi connectivity index (χ2v) is 5.02. The maximum atomic E-state index is 5.71. The standard InChI is InChI=1S/C14H20N4O/c1-9(15)5-4-6-13-17-14(18-19-13)12-7-10(2)16-11(3)8-12/h7-9H,4-6,15H2,1-3H3. The highest BCUT2D eigenvalue weighted by Crippen LogP contribution is 2.18. The molecule has 2 rings (SSSR count). The molecule has 0 fully saturated rings. The predicted octanol–water partition coefficient (Wildman–Crippen LogP) is 2.42. The fourth-order valence-electron chi connectivity index (χ4n) is 2.01. The van der Waals surface area contributed by atoms with Crippen LogP contribution >= 0.6 is 0 Å². The minimum atomic E-state index is 0.216. The molecule has 5 nitrogen and oxygen atoms in total. The zero-order valence-corrected chi connectivity index (χ0v) is 11.7. The molecular formula is C14H20N4O. The third kappa shape index (κ3) is 3.86. The third-order valence-electron chi connectivity index (χ3n) is 2.86. The number of hydrogen-bond acceptors (Lipinski definition) is 5. The van der Waals surface area contributed by atoms with Gasteiger partial charge in [0.1, 0.15) is 0 Å². The summed E-state index contributed by atoms with van der Waals surface area (Å²) in [4.78, 5) is 8.75. The third-order valence-corrected chi connectivity index (χ3v) is 2.86. The number of hydrogen-bond donors (Lipinski definition) is 1. The lowest BCUT2D eigenvalue weighted by atomic mass is 10.1. The Balaban J connectivity index is 2.07. The van der Waals surface area contributed by atoms with Gasteiger partial charge in [0.05, 0.1) is 0 Å². The van der Waals surface area contributed by atoms with E-state index in [0.29, 0.717) is 11.7 Å². The normalized spacial score (nSPS) is 12.6. The number of pyridine rings is 1. The molecule has 0 radical (unpaired) electrons. The number of aromatic nitrogens is 3. The molecular weight excluding hydrogens is 240 g/mol. The molecule has 0 amide bonds. The highest BCUT2D eigenvalue weighted by atomic mass is 16.5. The fourth-order valence-corrected chi connectivity index (χ4v) is 2.01. The van der Waals surface area contributed by atoms with Crippen LogP contribution in [0.1, 0.15) is 37.0 Å². The largest absolute Gasteiger partial charge is 0.339 e. The van der Waals surface area contributed by atoms with Gasteiger partial charge in [-0.2, -0.15) is 4.98 Å². The lowest BCUT2D eigenvalue weighted by molar-refractivity contribution is 0.373. The second kappa shape index (κ2) is 5.93. The van der Waals surface area contributed by atoms with E-state index in [4.69, 9.17) is 10.3 Å². The van der Waals surface area contributed by atoms with E-state index in [1.807, 2.05) is 32.9 Å². The van der Waals surface area contributed by atoms with Crippen molar-refractivity contribution in [2.75, 3.05) is 0 Å². The second-order valence-electron chi connectivity index (χ2n) is 5.02. The van der Waals surface area contributed by atoms with Gasteiger partial charge in [-0.1, -0.05) is 5.16 Å². The fraction of sp³-hybridized carbons (Fsp3) is 0.500. The Labute approximate surface area is 113 Å². The Hall–Kier alpha value is -1.75. The van der Waals surface area contributed by atoms with Crippen LogP contribution in [0.15, 0.2) is 16.7 Å². The average Bonchev–Trinajstić information content (AvgIpc) is 2.76. The summed E-state index contributed by atoms with van der Waals surface area (Å²) in [5, 5.41) is 4.02. The molecule has 0 spiro atoms. The molecule has 102 valence electrons. The molecule has 2 heterocycles. The Bertz CT molecular complexity index is 528. The summed E-state index contributed by atoms with van der Waals surface area (Å²) in [6.07, 6.45) is 2.70. The smallest absolute Gasteiger partial charge is 0.226 e. The van der Waals surface area contributed by atoms with E-state index >= 15 is 0 Å². The topological polar surface area (TPSA) is 77.8 Å². The van der Waals surface area contributed by atoms with E-state index in [0.717, 1.165) is 36.2 Å². The maximum absolute atomic E-state index is 5.71. The minimum absolute atomic E-state index is 0.216. The molecule has 19 heavy (non-hydrogen) atoms. The quantitative estimate of drug-likeness (QED) is 0.893. The van der Waals surface area contributed by atoms with Crippen LogP contribution in [0.25, 0.3) is 11.4 Å². The van der Waals surface area contributed by atoms with E-state index in [9.17, 15) is 0 Å². The molecule has 0 aromatic carbocycles. The Kier molecular flexibility index (Phi) is 4.27. The summed E-state index contributed by atoms with van der Waals surface area (Å²) in [6, 6.07) is 4.14. The summed E-state index contributed by atoms with van der Waals surface area (Å²) in [5.41, 5.74) is 8.58. The molecule has 0 aliphatic carbocycles. The maximum Gasteiger partial charge on any atom is 0.226 e. The molecule has 2 aromatic rings. The summed E-state index contributed by atoms with van der Waals surface area (Å²) in [6.45, 7) is 5.92. The summed E-state index contributed by atoms with van der Waals surface area (Å²) < 4.78 is 5.26. The Morgan fingerprint density at radius 2 is 1.89 bits per heavy atom. The van der Waals surface area contributed by atoms with Gasteiger partial charge in [0, 0.05) is 29.4 Å². The van der Waals surface area contributed by atoms with E-state index in [2.05, 4.69) is 15.1 Å². The molecule has 0 aliphatic heterocycles. The number of aryl methyl sites for hydroxylation is 3. The van der Waals surface area contributed by atoms with Gasteiger partial charge in [-0.15, -0.1) is 0 Å². The highest BCUT2D eigenvalue weighted by molar-refractivity contribution is 5.55. The van der Waals surface area contributed by atoms with Crippen molar-refractivity contribution >= 4 is 0 Å². The van der Waals surface area contributed by atoms with E-state index in [1.165, 1.54) is 0 Å². The zero-order chi connectivity index (χ0) is 13.8. The molecule has 5 heteroatoms. The van der Waals surface area contributed by atoms with Crippen LogP contribution in [0.2, 0.25) is 0 Å². The Morgan fingerprint density at radius 1 is 1.21 bits per heavy atom. The monoisotopic (exact) mass is 260 g/mol. The first-order valence-corrected chi connectivity index (χ1v) is 6.58. The molecule has 0 aliphatic rings. The number of rotatable bonds is 5. The van der Waals surface area contributed by atoms with Crippen LogP contribution in [0, 0.1) is 13.8 Å². The van der Waals surface area contributed by atoms with E-state index in [1.54, 1.807) is 0 Å². The lowest BCUT2D eigenvalue weighted by Crippen LogP contribution is -2.14. The van der Waals surface area contributed by atoms with Crippen molar-refractivity contribution < 1.29 is 4.52 Å². The van der Waals surface area contributed by atoms with E-state index in [-0.39, 0.29) is 6.04 Å². The lowest BCUT2D eigenvalue weighted by Gasteiger charge is -2.01. The van der Waals surface area contributed by atoms with Crippen molar-refractivity contribution in [2.24, 2.45) is 5.73 Å². The Morgan fingerprint density at radius 3 is 2.53 bits per heavy atom. The summed E-state index contributed by atoms with van der Waals surface area (Å²) >= 11 is 0. The molecule has 0 saturated heterocycles. The number of nitrogens with two attached hydrogens (primary N) is 1. The van der Waals surface area contributed by atoms with Gasteiger partial charge in [0.25, 0.3) is 0 Å². The van der Waals surface area contributed by atoms with Crippen LogP contribution in [0.4, 0.5) is 0 Å². The van der Waals surface area contributed by atoms with E-state index < -0.39 is 0 Å². The first-order valence-electron chi connectivity index (χ1n) is 6.58. The SMILES string of the molecule is Cc1cc(-c2noc(CCCC(C)N)n2)cc(C)n1.